The third-order valence-corrected chi connectivity index (χ3v) is 6.65. The Bertz CT molecular complexity index is 1380. The van der Waals surface area contributed by atoms with Gasteiger partial charge in [0.1, 0.15) is 6.33 Å². The minimum absolute atomic E-state index is 0.241. The number of hydrogen-bond donors (Lipinski definition) is 0. The molecule has 1 fully saturated rings. The lowest BCUT2D eigenvalue weighted by molar-refractivity contribution is 0.0987. The minimum Gasteiger partial charge on any atom is -0.377 e. The van der Waals surface area contributed by atoms with Crippen LogP contribution in [0.1, 0.15) is 6.92 Å². The van der Waals surface area contributed by atoms with E-state index in [2.05, 4.69) is 27.2 Å². The summed E-state index contributed by atoms with van der Waals surface area (Å²) in [6, 6.07) is 12.3. The van der Waals surface area contributed by atoms with Gasteiger partial charge in [0.15, 0.2) is 5.82 Å². The van der Waals surface area contributed by atoms with Crippen LogP contribution in [0.3, 0.4) is 0 Å². The normalized spacial score (nSPS) is 16.9. The van der Waals surface area contributed by atoms with Crippen molar-refractivity contribution >= 4 is 38.4 Å². The van der Waals surface area contributed by atoms with Crippen molar-refractivity contribution in [3.05, 3.63) is 60.5 Å². The zero-order chi connectivity index (χ0) is 20.8. The molecule has 0 bridgehead atoms. The molecule has 8 heteroatoms. The van der Waals surface area contributed by atoms with Crippen molar-refractivity contribution in [2.45, 2.75) is 13.0 Å². The molecule has 1 saturated heterocycles. The summed E-state index contributed by atoms with van der Waals surface area (Å²) in [5.41, 5.74) is 5.06. The van der Waals surface area contributed by atoms with E-state index in [1.165, 1.54) is 0 Å². The van der Waals surface area contributed by atoms with Gasteiger partial charge in [-0.25, -0.2) is 9.97 Å². The predicted molar refractivity (Wildman–Crippen MR) is 123 cm³/mol. The number of rotatable bonds is 3. The molecule has 1 aliphatic rings. The number of morpholine rings is 1. The number of pyridine rings is 1. The smallest absolute Gasteiger partial charge is 0.238 e. The van der Waals surface area contributed by atoms with Crippen molar-refractivity contribution in [1.29, 1.82) is 0 Å². The number of aromatic nitrogens is 5. The van der Waals surface area contributed by atoms with Gasteiger partial charge in [0.05, 0.1) is 40.5 Å². The summed E-state index contributed by atoms with van der Waals surface area (Å²) >= 11 is 1.69. The number of thiophene rings is 1. The molecule has 0 radical (unpaired) electrons. The number of ether oxygens (including phenoxy) is 1. The monoisotopic (exact) mass is 428 g/mol. The van der Waals surface area contributed by atoms with Gasteiger partial charge < -0.3 is 9.64 Å². The molecule has 1 aliphatic heterocycles. The molecule has 7 nitrogen and oxygen atoms in total. The summed E-state index contributed by atoms with van der Waals surface area (Å²) in [6.07, 6.45) is 5.43. The molecule has 31 heavy (non-hydrogen) atoms. The lowest BCUT2D eigenvalue weighted by Gasteiger charge is -2.34. The average Bonchev–Trinajstić information content (AvgIpc) is 3.44. The van der Waals surface area contributed by atoms with E-state index >= 15 is 0 Å². The highest BCUT2D eigenvalue weighted by molar-refractivity contribution is 7.18. The molecule has 0 aliphatic carbocycles. The first-order valence-corrected chi connectivity index (χ1v) is 11.1. The van der Waals surface area contributed by atoms with Crippen LogP contribution in [0.5, 0.6) is 0 Å². The molecule has 5 aromatic rings. The van der Waals surface area contributed by atoms with Crippen molar-refractivity contribution in [3.8, 4) is 17.1 Å². The van der Waals surface area contributed by atoms with Crippen molar-refractivity contribution in [2.75, 3.05) is 24.7 Å². The van der Waals surface area contributed by atoms with Crippen molar-refractivity contribution < 1.29 is 4.74 Å². The molecule has 5 heterocycles. The molecule has 6 rings (SSSR count). The Kier molecular flexibility index (Phi) is 4.40. The zero-order valence-corrected chi connectivity index (χ0v) is 17.8. The van der Waals surface area contributed by atoms with E-state index in [1.54, 1.807) is 17.7 Å². The van der Waals surface area contributed by atoms with E-state index in [1.807, 2.05) is 53.4 Å². The second kappa shape index (κ2) is 7.40. The van der Waals surface area contributed by atoms with E-state index < -0.39 is 0 Å². The lowest BCUT2D eigenvalue weighted by Crippen LogP contribution is -2.44. The summed E-state index contributed by atoms with van der Waals surface area (Å²) < 4.78 is 8.74. The number of imidazole rings is 1. The third kappa shape index (κ3) is 3.07. The van der Waals surface area contributed by atoms with Gasteiger partial charge in [-0.1, -0.05) is 12.1 Å². The quantitative estimate of drug-likeness (QED) is 0.426. The summed E-state index contributed by atoms with van der Waals surface area (Å²) in [4.78, 5) is 21.1. The number of para-hydroxylation sites is 2. The van der Waals surface area contributed by atoms with Crippen LogP contribution in [0.15, 0.2) is 60.5 Å². The first kappa shape index (κ1) is 18.4. The van der Waals surface area contributed by atoms with E-state index in [9.17, 15) is 0 Å². The van der Waals surface area contributed by atoms with Crippen LogP contribution >= 0.6 is 11.3 Å². The standard InChI is InChI=1S/C23H20N6OS/c1-15-12-30-11-10-28(15)22-21-20(17(13-31-21)16-6-8-24-9-7-16)26-23(27-22)29-14-25-18-4-2-3-5-19(18)29/h2-9,13-15H,10-12H2,1H3/t15-/m1/s1. The predicted octanol–water partition coefficient (Wildman–Crippen LogP) is 4.32. The van der Waals surface area contributed by atoms with Crippen LogP contribution in [-0.2, 0) is 4.74 Å². The van der Waals surface area contributed by atoms with Crippen LogP contribution in [0, 0.1) is 0 Å². The molecule has 0 N–H and O–H groups in total. The van der Waals surface area contributed by atoms with Crippen LogP contribution in [0.4, 0.5) is 5.82 Å². The number of nitrogens with zero attached hydrogens (tertiary/aromatic N) is 6. The molecule has 4 aromatic heterocycles. The second-order valence-corrected chi connectivity index (χ2v) is 8.51. The Morgan fingerprint density at radius 1 is 1.10 bits per heavy atom. The van der Waals surface area contributed by atoms with Crippen LogP contribution in [0.25, 0.3) is 38.3 Å². The van der Waals surface area contributed by atoms with Crippen molar-refractivity contribution in [3.63, 3.8) is 0 Å². The molecule has 1 aromatic carbocycles. The van der Waals surface area contributed by atoms with Gasteiger partial charge in [-0.05, 0) is 36.8 Å². The van der Waals surface area contributed by atoms with Gasteiger partial charge >= 0.3 is 0 Å². The molecular formula is C23H20N6OS. The number of anilines is 1. The molecule has 0 unspecified atom stereocenters. The number of benzene rings is 1. The van der Waals surface area contributed by atoms with Crippen LogP contribution < -0.4 is 4.90 Å². The summed E-state index contributed by atoms with van der Waals surface area (Å²) in [5.74, 6) is 1.59. The van der Waals surface area contributed by atoms with E-state index in [4.69, 9.17) is 14.7 Å². The van der Waals surface area contributed by atoms with Crippen LogP contribution in [-0.4, -0.2) is 50.3 Å². The Labute approximate surface area is 183 Å². The van der Waals surface area contributed by atoms with E-state index in [-0.39, 0.29) is 6.04 Å². The number of fused-ring (bicyclic) bond motifs is 2. The van der Waals surface area contributed by atoms with Gasteiger partial charge in [-0.15, -0.1) is 11.3 Å². The highest BCUT2D eigenvalue weighted by atomic mass is 32.1. The van der Waals surface area contributed by atoms with Gasteiger partial charge in [0.25, 0.3) is 0 Å². The topological polar surface area (TPSA) is 69.0 Å². The molecule has 154 valence electrons. The Balaban J connectivity index is 1.62. The molecule has 0 amide bonds. The first-order chi connectivity index (χ1) is 15.3. The maximum absolute atomic E-state index is 5.68. The summed E-state index contributed by atoms with van der Waals surface area (Å²) in [6.45, 7) is 4.37. The maximum atomic E-state index is 5.68. The minimum atomic E-state index is 0.241. The van der Waals surface area contributed by atoms with Crippen molar-refractivity contribution in [2.24, 2.45) is 0 Å². The highest BCUT2D eigenvalue weighted by Crippen LogP contribution is 2.38. The van der Waals surface area contributed by atoms with Gasteiger partial charge in [-0.3, -0.25) is 9.55 Å². The summed E-state index contributed by atoms with van der Waals surface area (Å²) in [5, 5.41) is 2.17. The molecule has 1 atom stereocenters. The van der Waals surface area contributed by atoms with E-state index in [0.29, 0.717) is 19.2 Å². The number of hydrogen-bond acceptors (Lipinski definition) is 7. The summed E-state index contributed by atoms with van der Waals surface area (Å²) in [7, 11) is 0. The fourth-order valence-corrected chi connectivity index (χ4v) is 5.11. The fraction of sp³-hybridized carbons (Fsp3) is 0.217. The SMILES string of the molecule is C[C@@H]1COCCN1c1nc(-n2cnc3ccccc32)nc2c(-c3ccncc3)csc12. The Morgan fingerprint density at radius 2 is 1.97 bits per heavy atom. The average molecular weight is 429 g/mol. The largest absolute Gasteiger partial charge is 0.377 e. The third-order valence-electron chi connectivity index (χ3n) is 5.69. The van der Waals surface area contributed by atoms with Gasteiger partial charge in [0.2, 0.25) is 5.95 Å². The van der Waals surface area contributed by atoms with E-state index in [0.717, 1.165) is 44.7 Å². The van der Waals surface area contributed by atoms with Crippen molar-refractivity contribution in [1.82, 2.24) is 24.5 Å². The van der Waals surface area contributed by atoms with Crippen LogP contribution in [0.2, 0.25) is 0 Å². The van der Waals surface area contributed by atoms with Gasteiger partial charge in [0, 0.05) is 29.9 Å². The maximum Gasteiger partial charge on any atom is 0.238 e. The molecule has 0 saturated carbocycles. The second-order valence-electron chi connectivity index (χ2n) is 7.63. The zero-order valence-electron chi connectivity index (χ0n) is 17.0. The fourth-order valence-electron chi connectivity index (χ4n) is 4.09. The lowest BCUT2D eigenvalue weighted by atomic mass is 10.1. The molecular weight excluding hydrogens is 408 g/mol. The molecule has 0 spiro atoms. The first-order valence-electron chi connectivity index (χ1n) is 10.3. The highest BCUT2D eigenvalue weighted by Gasteiger charge is 2.26. The Morgan fingerprint density at radius 3 is 2.84 bits per heavy atom. The van der Waals surface area contributed by atoms with Gasteiger partial charge in [-0.2, -0.15) is 4.98 Å². The Hall–Kier alpha value is -3.36.